The summed E-state index contributed by atoms with van der Waals surface area (Å²) in [6.07, 6.45) is 0. The molecule has 1 heterocycles. The number of rotatable bonds is 6. The lowest BCUT2D eigenvalue weighted by molar-refractivity contribution is 0.0890. The third-order valence-corrected chi connectivity index (χ3v) is 5.62. The van der Waals surface area contributed by atoms with Crippen LogP contribution >= 0.6 is 0 Å². The smallest absolute Gasteiger partial charge is 0.319 e. The second-order valence-corrected chi connectivity index (χ2v) is 8.62. The molecule has 1 aliphatic rings. The van der Waals surface area contributed by atoms with Crippen LogP contribution < -0.4 is 15.8 Å². The summed E-state index contributed by atoms with van der Waals surface area (Å²) >= 11 is 0. The van der Waals surface area contributed by atoms with E-state index in [2.05, 4.69) is 41.3 Å². The fourth-order valence-corrected chi connectivity index (χ4v) is 3.56. The third kappa shape index (κ3) is 5.94. The SMILES string of the molecule is CC(C)[C@@H](CNC(=O)Nc1ccc(S(N)(=O)=O)cc1)N1CCN(C)CC1. The van der Waals surface area contributed by atoms with Crippen LogP contribution in [-0.4, -0.2) is 70.1 Å². The number of nitrogens with zero attached hydrogens (tertiary/aromatic N) is 2. The van der Waals surface area contributed by atoms with Gasteiger partial charge in [0, 0.05) is 44.5 Å². The van der Waals surface area contributed by atoms with Gasteiger partial charge < -0.3 is 15.5 Å². The van der Waals surface area contributed by atoms with E-state index in [4.69, 9.17) is 5.14 Å². The highest BCUT2D eigenvalue weighted by Crippen LogP contribution is 2.14. The Morgan fingerprint density at radius 2 is 1.73 bits per heavy atom. The van der Waals surface area contributed by atoms with Crippen molar-refractivity contribution in [2.75, 3.05) is 45.1 Å². The normalized spacial score (nSPS) is 17.9. The van der Waals surface area contributed by atoms with Crippen molar-refractivity contribution in [1.29, 1.82) is 0 Å². The maximum Gasteiger partial charge on any atom is 0.319 e. The summed E-state index contributed by atoms with van der Waals surface area (Å²) in [6.45, 7) is 8.94. The van der Waals surface area contributed by atoms with Crippen molar-refractivity contribution < 1.29 is 13.2 Å². The molecule has 146 valence electrons. The zero-order valence-corrected chi connectivity index (χ0v) is 16.4. The molecule has 0 unspecified atom stereocenters. The minimum absolute atomic E-state index is 0.0124. The summed E-state index contributed by atoms with van der Waals surface area (Å²) in [7, 11) is -1.61. The van der Waals surface area contributed by atoms with Crippen LogP contribution in [-0.2, 0) is 10.0 Å². The van der Waals surface area contributed by atoms with E-state index in [-0.39, 0.29) is 17.0 Å². The molecule has 0 bridgehead atoms. The van der Waals surface area contributed by atoms with Gasteiger partial charge in [-0.05, 0) is 37.2 Å². The quantitative estimate of drug-likeness (QED) is 0.671. The number of amides is 2. The van der Waals surface area contributed by atoms with Crippen molar-refractivity contribution in [3.05, 3.63) is 24.3 Å². The van der Waals surface area contributed by atoms with Gasteiger partial charge in [0.2, 0.25) is 10.0 Å². The van der Waals surface area contributed by atoms with Gasteiger partial charge >= 0.3 is 6.03 Å². The first-order valence-electron chi connectivity index (χ1n) is 8.77. The minimum Gasteiger partial charge on any atom is -0.336 e. The van der Waals surface area contributed by atoms with Crippen molar-refractivity contribution >= 4 is 21.7 Å². The Labute approximate surface area is 155 Å². The molecule has 2 amide bonds. The second kappa shape index (κ2) is 8.81. The van der Waals surface area contributed by atoms with Gasteiger partial charge in [0.05, 0.1) is 4.90 Å². The van der Waals surface area contributed by atoms with Crippen molar-refractivity contribution in [3.63, 3.8) is 0 Å². The lowest BCUT2D eigenvalue weighted by Gasteiger charge is -2.39. The summed E-state index contributed by atoms with van der Waals surface area (Å²) in [5.41, 5.74) is 0.510. The van der Waals surface area contributed by atoms with Crippen LogP contribution in [0.25, 0.3) is 0 Å². The molecule has 1 aromatic rings. The van der Waals surface area contributed by atoms with E-state index >= 15 is 0 Å². The summed E-state index contributed by atoms with van der Waals surface area (Å²) < 4.78 is 22.5. The molecule has 0 aliphatic carbocycles. The number of sulfonamides is 1. The van der Waals surface area contributed by atoms with Crippen LogP contribution in [0.3, 0.4) is 0 Å². The molecule has 1 fully saturated rings. The average molecular weight is 384 g/mol. The van der Waals surface area contributed by atoms with E-state index in [0.717, 1.165) is 26.2 Å². The van der Waals surface area contributed by atoms with E-state index in [1.54, 1.807) is 0 Å². The molecule has 0 spiro atoms. The number of benzene rings is 1. The van der Waals surface area contributed by atoms with E-state index in [1.807, 2.05) is 0 Å². The highest BCUT2D eigenvalue weighted by atomic mass is 32.2. The largest absolute Gasteiger partial charge is 0.336 e. The molecular formula is C17H29N5O3S. The number of nitrogens with two attached hydrogens (primary N) is 1. The van der Waals surface area contributed by atoms with Gasteiger partial charge in [0.15, 0.2) is 0 Å². The molecule has 8 nitrogen and oxygen atoms in total. The topological polar surface area (TPSA) is 108 Å². The molecule has 0 saturated carbocycles. The molecule has 2 rings (SSSR count). The van der Waals surface area contributed by atoms with Crippen LogP contribution in [0.1, 0.15) is 13.8 Å². The Bertz CT molecular complexity index is 698. The predicted molar refractivity (Wildman–Crippen MR) is 103 cm³/mol. The number of primary sulfonamides is 1. The van der Waals surface area contributed by atoms with E-state index in [0.29, 0.717) is 18.2 Å². The molecule has 4 N–H and O–H groups in total. The zero-order valence-electron chi connectivity index (χ0n) is 15.6. The number of anilines is 1. The van der Waals surface area contributed by atoms with Gasteiger partial charge in [-0.3, -0.25) is 4.90 Å². The van der Waals surface area contributed by atoms with E-state index < -0.39 is 10.0 Å². The second-order valence-electron chi connectivity index (χ2n) is 7.06. The van der Waals surface area contributed by atoms with Crippen molar-refractivity contribution in [2.24, 2.45) is 11.1 Å². The summed E-state index contributed by atoms with van der Waals surface area (Å²) in [5, 5.41) is 10.7. The van der Waals surface area contributed by atoms with Crippen LogP contribution in [0.15, 0.2) is 29.2 Å². The number of likely N-dealkylation sites (N-methyl/N-ethyl adjacent to an activating group) is 1. The van der Waals surface area contributed by atoms with Crippen LogP contribution in [0.5, 0.6) is 0 Å². The molecule has 26 heavy (non-hydrogen) atoms. The molecule has 1 aliphatic heterocycles. The maximum absolute atomic E-state index is 12.2. The Morgan fingerprint density at radius 3 is 2.23 bits per heavy atom. The van der Waals surface area contributed by atoms with Gasteiger partial charge in [0.25, 0.3) is 0 Å². The van der Waals surface area contributed by atoms with Gasteiger partial charge in [-0.2, -0.15) is 0 Å². The minimum atomic E-state index is -3.73. The first kappa shape index (κ1) is 20.6. The Hall–Kier alpha value is -1.68. The van der Waals surface area contributed by atoms with Crippen molar-refractivity contribution in [2.45, 2.75) is 24.8 Å². The number of piperazine rings is 1. The van der Waals surface area contributed by atoms with Crippen LogP contribution in [0, 0.1) is 5.92 Å². The van der Waals surface area contributed by atoms with E-state index in [9.17, 15) is 13.2 Å². The summed E-state index contributed by atoms with van der Waals surface area (Å²) in [6, 6.07) is 5.73. The average Bonchev–Trinajstić information content (AvgIpc) is 2.56. The highest BCUT2D eigenvalue weighted by Gasteiger charge is 2.25. The molecule has 1 aromatic carbocycles. The maximum atomic E-state index is 12.2. The zero-order chi connectivity index (χ0) is 19.3. The lowest BCUT2D eigenvalue weighted by Crippen LogP contribution is -2.54. The monoisotopic (exact) mass is 383 g/mol. The van der Waals surface area contributed by atoms with Gasteiger partial charge in [-0.15, -0.1) is 0 Å². The lowest BCUT2D eigenvalue weighted by atomic mass is 10.0. The molecule has 0 aromatic heterocycles. The number of hydrogen-bond acceptors (Lipinski definition) is 5. The van der Waals surface area contributed by atoms with Crippen LogP contribution in [0.2, 0.25) is 0 Å². The van der Waals surface area contributed by atoms with Crippen molar-refractivity contribution in [3.8, 4) is 0 Å². The third-order valence-electron chi connectivity index (χ3n) is 4.69. The van der Waals surface area contributed by atoms with Crippen LogP contribution in [0.4, 0.5) is 10.5 Å². The Morgan fingerprint density at radius 1 is 1.15 bits per heavy atom. The van der Waals surface area contributed by atoms with Gasteiger partial charge in [-0.1, -0.05) is 13.8 Å². The number of carbonyl (C=O) groups is 1. The first-order chi connectivity index (χ1) is 12.2. The van der Waals surface area contributed by atoms with Gasteiger partial charge in [-0.25, -0.2) is 18.4 Å². The fraction of sp³-hybridized carbons (Fsp3) is 0.588. The summed E-state index contributed by atoms with van der Waals surface area (Å²) in [4.78, 5) is 16.9. The number of urea groups is 1. The standard InChI is InChI=1S/C17H29N5O3S/c1-13(2)16(22-10-8-21(3)9-11-22)12-19-17(23)20-14-4-6-15(7-5-14)26(18,24)25/h4-7,13,16H,8-12H2,1-3H3,(H2,18,24,25)(H2,19,20,23)/t16-/m1/s1. The van der Waals surface area contributed by atoms with Crippen molar-refractivity contribution in [1.82, 2.24) is 15.1 Å². The molecule has 1 atom stereocenters. The fourth-order valence-electron chi connectivity index (χ4n) is 3.04. The predicted octanol–water partition coefficient (Wildman–Crippen LogP) is 0.728. The number of carbonyl (C=O) groups excluding carboxylic acids is 1. The first-order valence-corrected chi connectivity index (χ1v) is 10.3. The molecule has 0 radical (unpaired) electrons. The number of nitrogens with one attached hydrogen (secondary N) is 2. The highest BCUT2D eigenvalue weighted by molar-refractivity contribution is 7.89. The van der Waals surface area contributed by atoms with E-state index in [1.165, 1.54) is 24.3 Å². The molecule has 1 saturated heterocycles. The Kier molecular flexibility index (Phi) is 6.99. The summed E-state index contributed by atoms with van der Waals surface area (Å²) in [5.74, 6) is 0.424. The molecule has 9 heteroatoms. The molecular weight excluding hydrogens is 354 g/mol. The number of hydrogen-bond donors (Lipinski definition) is 3. The Balaban J connectivity index is 1.88. The van der Waals surface area contributed by atoms with Gasteiger partial charge in [0.1, 0.15) is 0 Å².